The lowest BCUT2D eigenvalue weighted by atomic mass is 10.1. The van der Waals surface area contributed by atoms with Crippen LogP contribution < -0.4 is 0 Å². The molecule has 0 unspecified atom stereocenters. The molecule has 1 aromatic heterocycles. The fourth-order valence-corrected chi connectivity index (χ4v) is 1.29. The molecule has 0 aliphatic heterocycles. The first-order chi connectivity index (χ1) is 6.83. The third-order valence-corrected chi connectivity index (χ3v) is 1.96. The second-order valence-corrected chi connectivity index (χ2v) is 2.78. The van der Waals surface area contributed by atoms with Gasteiger partial charge in [-0.05, 0) is 6.07 Å². The first kappa shape index (κ1) is 8.62. The van der Waals surface area contributed by atoms with E-state index in [9.17, 15) is 9.18 Å². The van der Waals surface area contributed by atoms with Gasteiger partial charge in [-0.3, -0.25) is 4.79 Å². The topological polar surface area (TPSA) is 45.8 Å². The number of aldehydes is 1. The molecule has 0 saturated carbocycles. The van der Waals surface area contributed by atoms with Crippen molar-refractivity contribution in [2.24, 2.45) is 0 Å². The molecule has 0 bridgehead atoms. The van der Waals surface area contributed by atoms with Gasteiger partial charge in [-0.2, -0.15) is 0 Å². The van der Waals surface area contributed by atoms with Crippen molar-refractivity contribution in [3.05, 3.63) is 42.1 Å². The highest BCUT2D eigenvalue weighted by Crippen LogP contribution is 2.21. The minimum atomic E-state index is -0.521. The Hall–Kier alpha value is -1.97. The fraction of sp³-hybridized carbons (Fsp3) is 0. The highest BCUT2D eigenvalue weighted by molar-refractivity contribution is 5.86. The molecule has 70 valence electrons. The smallest absolute Gasteiger partial charge is 0.153 e. The zero-order chi connectivity index (χ0) is 9.97. The largest absolute Gasteiger partial charge is 0.345 e. The monoisotopic (exact) mass is 190 g/mol. The first-order valence-electron chi connectivity index (χ1n) is 4.05. The Labute approximate surface area is 79.6 Å². The highest BCUT2D eigenvalue weighted by atomic mass is 19.1. The lowest BCUT2D eigenvalue weighted by Crippen LogP contribution is -1.92. The van der Waals surface area contributed by atoms with Gasteiger partial charge in [-0.15, -0.1) is 0 Å². The number of aromatic nitrogens is 2. The number of nitrogens with zero attached hydrogens (tertiary/aromatic N) is 1. The summed E-state index contributed by atoms with van der Waals surface area (Å²) in [6.07, 6.45) is 3.53. The number of nitrogens with one attached hydrogen (secondary N) is 1. The van der Waals surface area contributed by atoms with E-state index in [-0.39, 0.29) is 5.56 Å². The van der Waals surface area contributed by atoms with Crippen LogP contribution in [0.3, 0.4) is 0 Å². The third-order valence-electron chi connectivity index (χ3n) is 1.96. The zero-order valence-electron chi connectivity index (χ0n) is 7.20. The van der Waals surface area contributed by atoms with Crippen LogP contribution >= 0.6 is 0 Å². The number of aromatic amines is 1. The second kappa shape index (κ2) is 3.41. The quantitative estimate of drug-likeness (QED) is 0.736. The summed E-state index contributed by atoms with van der Waals surface area (Å²) < 4.78 is 13.2. The number of carbonyl (C=O) groups is 1. The molecule has 0 radical (unpaired) electrons. The van der Waals surface area contributed by atoms with Crippen LogP contribution in [-0.2, 0) is 0 Å². The maximum absolute atomic E-state index is 13.2. The van der Waals surface area contributed by atoms with Crippen molar-refractivity contribution in [1.29, 1.82) is 0 Å². The van der Waals surface area contributed by atoms with Crippen LogP contribution in [0.25, 0.3) is 11.3 Å². The number of carbonyl (C=O) groups excluding carboxylic acids is 1. The summed E-state index contributed by atoms with van der Waals surface area (Å²) in [5.41, 5.74) is 1.21. The summed E-state index contributed by atoms with van der Waals surface area (Å²) in [6, 6.07) is 4.47. The van der Waals surface area contributed by atoms with E-state index in [1.54, 1.807) is 18.3 Å². The molecule has 1 N–H and O–H groups in total. The van der Waals surface area contributed by atoms with Gasteiger partial charge in [0.2, 0.25) is 0 Å². The van der Waals surface area contributed by atoms with Crippen LogP contribution in [-0.4, -0.2) is 16.3 Å². The van der Waals surface area contributed by atoms with Crippen molar-refractivity contribution in [2.75, 3.05) is 0 Å². The molecule has 1 aromatic carbocycles. The Balaban J connectivity index is 2.64. The van der Waals surface area contributed by atoms with E-state index in [0.29, 0.717) is 17.5 Å². The Morgan fingerprint density at radius 1 is 1.43 bits per heavy atom. The summed E-state index contributed by atoms with van der Waals surface area (Å²) in [4.78, 5) is 17.3. The van der Waals surface area contributed by atoms with E-state index in [1.165, 1.54) is 12.4 Å². The van der Waals surface area contributed by atoms with Crippen molar-refractivity contribution in [3.8, 4) is 11.3 Å². The molecule has 2 aromatic rings. The highest BCUT2D eigenvalue weighted by Gasteiger charge is 2.09. The van der Waals surface area contributed by atoms with Gasteiger partial charge in [0.25, 0.3) is 0 Å². The van der Waals surface area contributed by atoms with Crippen molar-refractivity contribution < 1.29 is 9.18 Å². The van der Waals surface area contributed by atoms with Gasteiger partial charge < -0.3 is 4.98 Å². The SMILES string of the molecule is O=Cc1c(F)cccc1-c1cnc[nH]1. The normalized spacial score (nSPS) is 10.1. The molecule has 2 rings (SSSR count). The fourth-order valence-electron chi connectivity index (χ4n) is 1.29. The number of benzene rings is 1. The molecule has 3 nitrogen and oxygen atoms in total. The van der Waals surface area contributed by atoms with Gasteiger partial charge in [-0.25, -0.2) is 9.37 Å². The number of halogens is 1. The molecule has 1 heterocycles. The standard InChI is InChI=1S/C10H7FN2O/c11-9-3-1-2-7(8(9)5-14)10-4-12-6-13-10/h1-6H,(H,12,13). The molecule has 0 fully saturated rings. The molecule has 0 aliphatic rings. The number of hydrogen-bond acceptors (Lipinski definition) is 2. The summed E-state index contributed by atoms with van der Waals surface area (Å²) in [6.45, 7) is 0. The van der Waals surface area contributed by atoms with Gasteiger partial charge in [0.1, 0.15) is 5.82 Å². The molecule has 0 saturated heterocycles. The van der Waals surface area contributed by atoms with E-state index in [1.807, 2.05) is 0 Å². The predicted octanol–water partition coefficient (Wildman–Crippen LogP) is 2.03. The summed E-state index contributed by atoms with van der Waals surface area (Å²) >= 11 is 0. The van der Waals surface area contributed by atoms with Gasteiger partial charge in [-0.1, -0.05) is 12.1 Å². The van der Waals surface area contributed by atoms with E-state index in [0.717, 1.165) is 0 Å². The van der Waals surface area contributed by atoms with Crippen molar-refractivity contribution in [1.82, 2.24) is 9.97 Å². The van der Waals surface area contributed by atoms with Gasteiger partial charge >= 0.3 is 0 Å². The maximum Gasteiger partial charge on any atom is 0.153 e. The van der Waals surface area contributed by atoms with Crippen molar-refractivity contribution >= 4 is 6.29 Å². The average molecular weight is 190 g/mol. The zero-order valence-corrected chi connectivity index (χ0v) is 7.20. The lowest BCUT2D eigenvalue weighted by molar-refractivity contribution is 0.112. The summed E-state index contributed by atoms with van der Waals surface area (Å²) in [5, 5.41) is 0. The second-order valence-electron chi connectivity index (χ2n) is 2.78. The third kappa shape index (κ3) is 1.31. The Morgan fingerprint density at radius 3 is 2.93 bits per heavy atom. The molecular formula is C10H7FN2O. The maximum atomic E-state index is 13.2. The Kier molecular flexibility index (Phi) is 2.10. The minimum absolute atomic E-state index is 0.0525. The molecule has 0 amide bonds. The first-order valence-corrected chi connectivity index (χ1v) is 4.05. The molecule has 0 aliphatic carbocycles. The number of rotatable bonds is 2. The predicted molar refractivity (Wildman–Crippen MR) is 49.4 cm³/mol. The molecule has 14 heavy (non-hydrogen) atoms. The van der Waals surface area contributed by atoms with Gasteiger partial charge in [0, 0.05) is 5.56 Å². The van der Waals surface area contributed by atoms with Crippen molar-refractivity contribution in [3.63, 3.8) is 0 Å². The Bertz CT molecular complexity index is 451. The van der Waals surface area contributed by atoms with Crippen molar-refractivity contribution in [2.45, 2.75) is 0 Å². The molecule has 0 atom stereocenters. The number of H-pyrrole nitrogens is 1. The van der Waals surface area contributed by atoms with Gasteiger partial charge in [0.15, 0.2) is 6.29 Å². The van der Waals surface area contributed by atoms with Crippen LogP contribution in [0.1, 0.15) is 10.4 Å². The van der Waals surface area contributed by atoms with Crippen LogP contribution in [0.5, 0.6) is 0 Å². The summed E-state index contributed by atoms with van der Waals surface area (Å²) in [5.74, 6) is -0.521. The van der Waals surface area contributed by atoms with E-state index in [4.69, 9.17) is 0 Å². The van der Waals surface area contributed by atoms with E-state index >= 15 is 0 Å². The van der Waals surface area contributed by atoms with Crippen LogP contribution in [0.15, 0.2) is 30.7 Å². The van der Waals surface area contributed by atoms with E-state index < -0.39 is 5.82 Å². The Morgan fingerprint density at radius 2 is 2.29 bits per heavy atom. The molecule has 4 heteroatoms. The minimum Gasteiger partial charge on any atom is -0.345 e. The average Bonchev–Trinajstić information content (AvgIpc) is 2.70. The lowest BCUT2D eigenvalue weighted by Gasteiger charge is -2.01. The van der Waals surface area contributed by atoms with Crippen LogP contribution in [0.4, 0.5) is 4.39 Å². The molecular weight excluding hydrogens is 183 g/mol. The van der Waals surface area contributed by atoms with Crippen LogP contribution in [0, 0.1) is 5.82 Å². The number of imidazole rings is 1. The van der Waals surface area contributed by atoms with Crippen LogP contribution in [0.2, 0.25) is 0 Å². The van der Waals surface area contributed by atoms with E-state index in [2.05, 4.69) is 9.97 Å². The van der Waals surface area contributed by atoms with Gasteiger partial charge in [0.05, 0.1) is 23.8 Å². The molecule has 0 spiro atoms. The number of hydrogen-bond donors (Lipinski definition) is 1. The summed E-state index contributed by atoms with van der Waals surface area (Å²) in [7, 11) is 0.